The molecule has 19 heavy (non-hydrogen) atoms. The Labute approximate surface area is 111 Å². The summed E-state index contributed by atoms with van der Waals surface area (Å²) in [6, 6.07) is -1.72. The van der Waals surface area contributed by atoms with Gasteiger partial charge in [-0.3, -0.25) is 0 Å². The molecule has 1 aliphatic heterocycles. The Balaban J connectivity index is 2.39. The van der Waals surface area contributed by atoms with Gasteiger partial charge in [0.1, 0.15) is 11.6 Å². The van der Waals surface area contributed by atoms with E-state index in [0.29, 0.717) is 19.6 Å². The predicted molar refractivity (Wildman–Crippen MR) is 64.8 cm³/mol. The highest BCUT2D eigenvalue weighted by atomic mass is 16.5. The minimum Gasteiger partial charge on any atom is -0.480 e. The molecule has 0 aromatic carbocycles. The number of aliphatic carboxylic acids is 1. The molecule has 110 valence electrons. The third kappa shape index (κ3) is 4.66. The van der Waals surface area contributed by atoms with Crippen molar-refractivity contribution in [2.24, 2.45) is 0 Å². The molecule has 0 bridgehead atoms. The number of carbonyl (C=O) groups excluding carboxylic acids is 1. The van der Waals surface area contributed by atoms with E-state index >= 15 is 0 Å². The molecule has 1 rings (SSSR count). The summed E-state index contributed by atoms with van der Waals surface area (Å²) in [6.45, 7) is 0.885. The van der Waals surface area contributed by atoms with E-state index in [-0.39, 0.29) is 19.6 Å². The van der Waals surface area contributed by atoms with E-state index in [4.69, 9.17) is 19.7 Å². The maximum atomic E-state index is 11.6. The molecule has 1 aliphatic rings. The van der Waals surface area contributed by atoms with E-state index in [0.717, 1.165) is 0 Å². The van der Waals surface area contributed by atoms with Gasteiger partial charge in [-0.25, -0.2) is 9.59 Å². The van der Waals surface area contributed by atoms with Gasteiger partial charge >= 0.3 is 12.0 Å². The lowest BCUT2D eigenvalue weighted by Gasteiger charge is -2.26. The molecule has 2 unspecified atom stereocenters. The fraction of sp³-hybridized carbons (Fsp3) is 0.818. The lowest BCUT2D eigenvalue weighted by molar-refractivity contribution is -0.139. The minimum atomic E-state index is -1.19. The van der Waals surface area contributed by atoms with Crippen molar-refractivity contribution in [3.05, 3.63) is 0 Å². The Morgan fingerprint density at radius 2 is 2.26 bits per heavy atom. The van der Waals surface area contributed by atoms with Crippen LogP contribution in [0.15, 0.2) is 0 Å². The molecule has 1 heterocycles. The first-order valence-electron chi connectivity index (χ1n) is 6.04. The number of rotatable bonds is 7. The number of carboxylic acid groups (broad SMARTS) is 1. The van der Waals surface area contributed by atoms with Crippen LogP contribution in [-0.4, -0.2) is 67.3 Å². The number of methoxy groups -OCH3 is 1. The maximum absolute atomic E-state index is 11.6. The second-order valence-electron chi connectivity index (χ2n) is 4.42. The van der Waals surface area contributed by atoms with Gasteiger partial charge in [0.25, 0.3) is 0 Å². The predicted octanol–water partition coefficient (Wildman–Crippen LogP) is -1.07. The summed E-state index contributed by atoms with van der Waals surface area (Å²) in [5, 5.41) is 22.4. The fourth-order valence-corrected chi connectivity index (χ4v) is 1.80. The number of ether oxygens (including phenoxy) is 2. The lowest BCUT2D eigenvalue weighted by Crippen LogP contribution is -2.51. The van der Waals surface area contributed by atoms with Crippen LogP contribution in [0.3, 0.4) is 0 Å². The smallest absolute Gasteiger partial charge is 0.326 e. The summed E-state index contributed by atoms with van der Waals surface area (Å²) in [5.74, 6) is -1.19. The Morgan fingerprint density at radius 1 is 1.53 bits per heavy atom. The van der Waals surface area contributed by atoms with Crippen LogP contribution in [0.25, 0.3) is 0 Å². The zero-order valence-electron chi connectivity index (χ0n) is 10.8. The highest BCUT2D eigenvalue weighted by Crippen LogP contribution is 2.21. The number of carbonyl (C=O) groups is 2. The number of aliphatic hydroxyl groups is 1. The number of nitrogens with one attached hydrogen (secondary N) is 2. The van der Waals surface area contributed by atoms with Gasteiger partial charge in [-0.15, -0.1) is 0 Å². The van der Waals surface area contributed by atoms with E-state index in [1.807, 2.05) is 0 Å². The van der Waals surface area contributed by atoms with Gasteiger partial charge in [0, 0.05) is 33.2 Å². The first-order chi connectivity index (χ1) is 9.03. The third-order valence-corrected chi connectivity index (χ3v) is 3.09. The largest absolute Gasteiger partial charge is 0.480 e. The van der Waals surface area contributed by atoms with Gasteiger partial charge in [0.15, 0.2) is 0 Å². The lowest BCUT2D eigenvalue weighted by atomic mass is 10.0. The van der Waals surface area contributed by atoms with E-state index in [1.54, 1.807) is 7.11 Å². The number of urea groups is 1. The SMILES string of the molecule is COC1(CNC(=O)NC(CCO)C(=O)O)CCOC1. The van der Waals surface area contributed by atoms with Crippen LogP contribution in [0.5, 0.6) is 0 Å². The molecule has 0 saturated carbocycles. The number of amides is 2. The van der Waals surface area contributed by atoms with Crippen LogP contribution in [0.1, 0.15) is 12.8 Å². The number of hydrogen-bond acceptors (Lipinski definition) is 5. The topological polar surface area (TPSA) is 117 Å². The van der Waals surface area contributed by atoms with Crippen molar-refractivity contribution < 1.29 is 29.3 Å². The van der Waals surface area contributed by atoms with Crippen molar-refractivity contribution in [1.29, 1.82) is 0 Å². The van der Waals surface area contributed by atoms with Crippen molar-refractivity contribution in [1.82, 2.24) is 10.6 Å². The normalized spacial score (nSPS) is 23.9. The monoisotopic (exact) mass is 276 g/mol. The molecular weight excluding hydrogens is 256 g/mol. The number of aliphatic hydroxyl groups excluding tert-OH is 1. The molecule has 0 spiro atoms. The van der Waals surface area contributed by atoms with E-state index in [2.05, 4.69) is 10.6 Å². The summed E-state index contributed by atoms with van der Waals surface area (Å²) >= 11 is 0. The number of hydrogen-bond donors (Lipinski definition) is 4. The van der Waals surface area contributed by atoms with Gasteiger partial charge in [-0.05, 0) is 0 Å². The molecule has 8 heteroatoms. The van der Waals surface area contributed by atoms with Crippen LogP contribution in [-0.2, 0) is 14.3 Å². The zero-order valence-corrected chi connectivity index (χ0v) is 10.8. The molecule has 2 amide bonds. The van der Waals surface area contributed by atoms with Crippen LogP contribution < -0.4 is 10.6 Å². The molecule has 0 radical (unpaired) electrons. The van der Waals surface area contributed by atoms with Crippen molar-refractivity contribution >= 4 is 12.0 Å². The molecule has 0 aromatic rings. The number of carboxylic acids is 1. The minimum absolute atomic E-state index is 0.0404. The second kappa shape index (κ2) is 7.27. The van der Waals surface area contributed by atoms with Crippen LogP contribution >= 0.6 is 0 Å². The summed E-state index contributed by atoms with van der Waals surface area (Å²) in [7, 11) is 1.54. The summed E-state index contributed by atoms with van der Waals surface area (Å²) < 4.78 is 10.5. The Kier molecular flexibility index (Phi) is 6.00. The Hall–Kier alpha value is -1.38. The van der Waals surface area contributed by atoms with Gasteiger partial charge < -0.3 is 30.3 Å². The van der Waals surface area contributed by atoms with Crippen molar-refractivity contribution in [2.45, 2.75) is 24.5 Å². The zero-order chi connectivity index (χ0) is 14.3. The van der Waals surface area contributed by atoms with E-state index < -0.39 is 23.6 Å². The van der Waals surface area contributed by atoms with Crippen LogP contribution in [0.4, 0.5) is 4.79 Å². The van der Waals surface area contributed by atoms with Crippen molar-refractivity contribution in [2.75, 3.05) is 33.5 Å². The van der Waals surface area contributed by atoms with E-state index in [9.17, 15) is 9.59 Å². The van der Waals surface area contributed by atoms with Crippen LogP contribution in [0, 0.1) is 0 Å². The molecule has 1 saturated heterocycles. The van der Waals surface area contributed by atoms with Gasteiger partial charge in [-0.2, -0.15) is 0 Å². The van der Waals surface area contributed by atoms with Gasteiger partial charge in [0.05, 0.1) is 13.2 Å². The highest BCUT2D eigenvalue weighted by Gasteiger charge is 2.35. The average molecular weight is 276 g/mol. The Bertz CT molecular complexity index is 316. The first-order valence-corrected chi connectivity index (χ1v) is 6.04. The summed E-state index contributed by atoms with van der Waals surface area (Å²) in [5.41, 5.74) is -0.549. The molecule has 1 fully saturated rings. The van der Waals surface area contributed by atoms with Crippen LogP contribution in [0.2, 0.25) is 0 Å². The highest BCUT2D eigenvalue weighted by molar-refractivity contribution is 5.82. The molecule has 2 atom stereocenters. The molecule has 4 N–H and O–H groups in total. The quantitative estimate of drug-likeness (QED) is 0.470. The van der Waals surface area contributed by atoms with Gasteiger partial charge in [-0.1, -0.05) is 0 Å². The summed E-state index contributed by atoms with van der Waals surface area (Å²) in [6.07, 6.45) is 0.629. The standard InChI is InChI=1S/C11H20N2O6/c1-18-11(3-5-19-7-11)6-12-10(17)13-8(2-4-14)9(15)16/h8,14H,2-7H2,1H3,(H,15,16)(H2,12,13,17). The molecule has 0 aliphatic carbocycles. The fourth-order valence-electron chi connectivity index (χ4n) is 1.80. The maximum Gasteiger partial charge on any atom is 0.326 e. The Morgan fingerprint density at radius 3 is 2.74 bits per heavy atom. The molecule has 0 aromatic heterocycles. The summed E-state index contributed by atoms with van der Waals surface area (Å²) in [4.78, 5) is 22.4. The average Bonchev–Trinajstić information content (AvgIpc) is 2.85. The van der Waals surface area contributed by atoms with E-state index in [1.165, 1.54) is 0 Å². The third-order valence-electron chi connectivity index (χ3n) is 3.09. The second-order valence-corrected chi connectivity index (χ2v) is 4.42. The first kappa shape index (κ1) is 15.7. The molecule has 8 nitrogen and oxygen atoms in total. The van der Waals surface area contributed by atoms with Crippen molar-refractivity contribution in [3.63, 3.8) is 0 Å². The van der Waals surface area contributed by atoms with Gasteiger partial charge in [0.2, 0.25) is 0 Å². The van der Waals surface area contributed by atoms with Crippen molar-refractivity contribution in [3.8, 4) is 0 Å². The molecular formula is C11H20N2O6.